The molecule has 0 saturated heterocycles. The number of pyridine rings is 1. The zero-order valence-corrected chi connectivity index (χ0v) is 9.05. The first-order valence-corrected chi connectivity index (χ1v) is 5.10. The van der Waals surface area contributed by atoms with E-state index in [9.17, 15) is 0 Å². The summed E-state index contributed by atoms with van der Waals surface area (Å²) in [4.78, 5) is 4.39. The van der Waals surface area contributed by atoms with Crippen LogP contribution in [-0.4, -0.2) is 4.98 Å². The minimum absolute atomic E-state index is 0.428. The number of hydrogen-bond acceptors (Lipinski definition) is 1. The minimum Gasteiger partial charge on any atom is -0.260 e. The minimum atomic E-state index is 0.428. The lowest BCUT2D eigenvalue weighted by molar-refractivity contribution is 0.834. The van der Waals surface area contributed by atoms with Gasteiger partial charge in [0.2, 0.25) is 0 Å². The summed E-state index contributed by atoms with van der Waals surface area (Å²) in [7, 11) is 0. The molecule has 0 fully saturated rings. The molecule has 0 atom stereocenters. The molecule has 0 amide bonds. The Bertz CT molecular complexity index is 463. The molecule has 2 heteroatoms. The number of benzene rings is 1. The molecule has 1 heterocycles. The third-order valence-corrected chi connectivity index (χ3v) is 2.54. The molecule has 0 aliphatic rings. The van der Waals surface area contributed by atoms with E-state index >= 15 is 0 Å². The van der Waals surface area contributed by atoms with Gasteiger partial charge in [-0.25, -0.2) is 0 Å². The van der Waals surface area contributed by atoms with Gasteiger partial charge in [0, 0.05) is 16.6 Å². The summed E-state index contributed by atoms with van der Waals surface area (Å²) in [6, 6.07) is 7.94. The van der Waals surface area contributed by atoms with Gasteiger partial charge in [0.05, 0.1) is 5.69 Å². The Morgan fingerprint density at radius 3 is 2.71 bits per heavy atom. The Hall–Kier alpha value is -1.08. The highest BCUT2D eigenvalue weighted by Crippen LogP contribution is 2.25. The molecule has 1 aromatic carbocycles. The Morgan fingerprint density at radius 1 is 1.21 bits per heavy atom. The highest BCUT2D eigenvalue weighted by molar-refractivity contribution is 6.31. The molecule has 0 spiro atoms. The normalized spacial score (nSPS) is 11.1. The predicted octanol–water partition coefficient (Wildman–Crippen LogP) is 4.01. The SMILES string of the molecule is CC(C)c1nccc2ccc(Cl)cc12. The fourth-order valence-corrected chi connectivity index (χ4v) is 1.80. The number of rotatable bonds is 1. The molecule has 0 unspecified atom stereocenters. The number of nitrogens with zero attached hydrogens (tertiary/aromatic N) is 1. The van der Waals surface area contributed by atoms with Crippen molar-refractivity contribution in [2.75, 3.05) is 0 Å². The number of hydrogen-bond donors (Lipinski definition) is 0. The van der Waals surface area contributed by atoms with Gasteiger partial charge >= 0.3 is 0 Å². The molecule has 0 radical (unpaired) electrons. The molecule has 0 bridgehead atoms. The average Bonchev–Trinajstić information content (AvgIpc) is 2.16. The zero-order chi connectivity index (χ0) is 10.1. The van der Waals surface area contributed by atoms with Crippen LogP contribution in [0.25, 0.3) is 10.8 Å². The van der Waals surface area contributed by atoms with Crippen LogP contribution in [0.1, 0.15) is 25.5 Å². The van der Waals surface area contributed by atoms with Gasteiger partial charge in [-0.3, -0.25) is 4.98 Å². The van der Waals surface area contributed by atoms with Gasteiger partial charge in [0.1, 0.15) is 0 Å². The van der Waals surface area contributed by atoms with Crippen molar-refractivity contribution in [1.82, 2.24) is 4.98 Å². The number of fused-ring (bicyclic) bond motifs is 1. The lowest BCUT2D eigenvalue weighted by Crippen LogP contribution is -1.93. The summed E-state index contributed by atoms with van der Waals surface area (Å²) < 4.78 is 0. The zero-order valence-electron chi connectivity index (χ0n) is 8.29. The molecule has 1 nitrogen and oxygen atoms in total. The third kappa shape index (κ3) is 1.60. The maximum atomic E-state index is 5.97. The molecule has 0 N–H and O–H groups in total. The maximum absolute atomic E-state index is 5.97. The molecule has 2 aromatic rings. The van der Waals surface area contributed by atoms with Gasteiger partial charge in [0.15, 0.2) is 0 Å². The second-order valence-corrected chi connectivity index (χ2v) is 4.15. The summed E-state index contributed by atoms with van der Waals surface area (Å²) in [6.07, 6.45) is 1.85. The fourth-order valence-electron chi connectivity index (χ4n) is 1.62. The second-order valence-electron chi connectivity index (χ2n) is 3.72. The van der Waals surface area contributed by atoms with Crippen LogP contribution in [0.2, 0.25) is 5.02 Å². The van der Waals surface area contributed by atoms with Gasteiger partial charge in [-0.2, -0.15) is 0 Å². The van der Waals surface area contributed by atoms with Crippen molar-refractivity contribution in [2.45, 2.75) is 19.8 Å². The molecule has 0 saturated carbocycles. The average molecular weight is 206 g/mol. The van der Waals surface area contributed by atoms with Crippen molar-refractivity contribution in [2.24, 2.45) is 0 Å². The van der Waals surface area contributed by atoms with E-state index in [-0.39, 0.29) is 0 Å². The molecule has 1 aromatic heterocycles. The topological polar surface area (TPSA) is 12.9 Å². The van der Waals surface area contributed by atoms with Gasteiger partial charge in [-0.15, -0.1) is 0 Å². The van der Waals surface area contributed by atoms with Crippen molar-refractivity contribution in [3.8, 4) is 0 Å². The van der Waals surface area contributed by atoms with Crippen LogP contribution in [0, 0.1) is 0 Å². The van der Waals surface area contributed by atoms with Crippen LogP contribution in [0.15, 0.2) is 30.5 Å². The smallest absolute Gasteiger partial charge is 0.0507 e. The third-order valence-electron chi connectivity index (χ3n) is 2.31. The Labute approximate surface area is 88.7 Å². The van der Waals surface area contributed by atoms with E-state index in [1.165, 1.54) is 5.39 Å². The summed E-state index contributed by atoms with van der Waals surface area (Å²) in [6.45, 7) is 4.28. The maximum Gasteiger partial charge on any atom is 0.0507 e. The van der Waals surface area contributed by atoms with E-state index in [4.69, 9.17) is 11.6 Å². The van der Waals surface area contributed by atoms with E-state index < -0.39 is 0 Å². The van der Waals surface area contributed by atoms with E-state index in [2.05, 4.69) is 18.8 Å². The van der Waals surface area contributed by atoms with Crippen molar-refractivity contribution in [1.29, 1.82) is 0 Å². The molecular formula is C12H12ClN. The first-order valence-electron chi connectivity index (χ1n) is 4.72. The van der Waals surface area contributed by atoms with Crippen LogP contribution in [0.5, 0.6) is 0 Å². The summed E-state index contributed by atoms with van der Waals surface area (Å²) in [5.74, 6) is 0.428. The van der Waals surface area contributed by atoms with Crippen LogP contribution in [0.3, 0.4) is 0 Å². The first kappa shape index (κ1) is 9.47. The van der Waals surface area contributed by atoms with Gasteiger partial charge in [-0.1, -0.05) is 31.5 Å². The quantitative estimate of drug-likeness (QED) is 0.686. The standard InChI is InChI=1S/C12H12ClN/c1-8(2)12-11-7-10(13)4-3-9(11)5-6-14-12/h3-8H,1-2H3. The Balaban J connectivity index is 2.77. The molecular weight excluding hydrogens is 194 g/mol. The van der Waals surface area contributed by atoms with E-state index in [1.807, 2.05) is 30.5 Å². The second kappa shape index (κ2) is 3.58. The highest BCUT2D eigenvalue weighted by Gasteiger charge is 2.06. The van der Waals surface area contributed by atoms with Crippen molar-refractivity contribution >= 4 is 22.4 Å². The molecule has 72 valence electrons. The first-order chi connectivity index (χ1) is 6.68. The van der Waals surface area contributed by atoms with Gasteiger partial charge in [-0.05, 0) is 29.5 Å². The van der Waals surface area contributed by atoms with Crippen molar-refractivity contribution in [3.05, 3.63) is 41.2 Å². The van der Waals surface area contributed by atoms with Crippen molar-refractivity contribution < 1.29 is 0 Å². The van der Waals surface area contributed by atoms with E-state index in [0.717, 1.165) is 16.1 Å². The lowest BCUT2D eigenvalue weighted by atomic mass is 10.0. The fraction of sp³-hybridized carbons (Fsp3) is 0.250. The van der Waals surface area contributed by atoms with Gasteiger partial charge < -0.3 is 0 Å². The predicted molar refractivity (Wildman–Crippen MR) is 60.8 cm³/mol. The summed E-state index contributed by atoms with van der Waals surface area (Å²) in [5, 5.41) is 3.13. The van der Waals surface area contributed by atoms with Gasteiger partial charge in [0.25, 0.3) is 0 Å². The number of aromatic nitrogens is 1. The van der Waals surface area contributed by atoms with Crippen LogP contribution >= 0.6 is 11.6 Å². The highest BCUT2D eigenvalue weighted by atomic mass is 35.5. The lowest BCUT2D eigenvalue weighted by Gasteiger charge is -2.08. The van der Waals surface area contributed by atoms with Crippen LogP contribution in [0.4, 0.5) is 0 Å². The monoisotopic (exact) mass is 205 g/mol. The Morgan fingerprint density at radius 2 is 2.00 bits per heavy atom. The van der Waals surface area contributed by atoms with E-state index in [0.29, 0.717) is 5.92 Å². The number of halogens is 1. The largest absolute Gasteiger partial charge is 0.260 e. The van der Waals surface area contributed by atoms with E-state index in [1.54, 1.807) is 0 Å². The van der Waals surface area contributed by atoms with Crippen molar-refractivity contribution in [3.63, 3.8) is 0 Å². The molecule has 0 aliphatic heterocycles. The molecule has 14 heavy (non-hydrogen) atoms. The van der Waals surface area contributed by atoms with Crippen LogP contribution < -0.4 is 0 Å². The summed E-state index contributed by atoms with van der Waals surface area (Å²) in [5.41, 5.74) is 1.12. The molecule has 0 aliphatic carbocycles. The summed E-state index contributed by atoms with van der Waals surface area (Å²) >= 11 is 5.97. The Kier molecular flexibility index (Phi) is 2.42. The molecule has 2 rings (SSSR count). The van der Waals surface area contributed by atoms with Crippen LogP contribution in [-0.2, 0) is 0 Å².